The number of aliphatic hydroxyl groups excluding tert-OH is 1. The lowest BCUT2D eigenvalue weighted by Crippen LogP contribution is -2.34. The van der Waals surface area contributed by atoms with Gasteiger partial charge in [-0.15, -0.1) is 11.8 Å². The molecule has 0 saturated carbocycles. The van der Waals surface area contributed by atoms with Gasteiger partial charge in [-0.1, -0.05) is 68.4 Å². The van der Waals surface area contributed by atoms with E-state index in [4.69, 9.17) is 15.9 Å². The average Bonchev–Trinajstić information content (AvgIpc) is 2.70. The van der Waals surface area contributed by atoms with E-state index in [2.05, 4.69) is 25.2 Å². The molecule has 0 saturated heterocycles. The van der Waals surface area contributed by atoms with E-state index in [0.29, 0.717) is 12.8 Å². The summed E-state index contributed by atoms with van der Waals surface area (Å²) in [7, 11) is 0. The van der Waals surface area contributed by atoms with Gasteiger partial charge in [-0.25, -0.2) is 0 Å². The summed E-state index contributed by atoms with van der Waals surface area (Å²) >= 11 is 1.26. The third-order valence-electron chi connectivity index (χ3n) is 4.24. The van der Waals surface area contributed by atoms with Crippen LogP contribution in [-0.4, -0.2) is 50.4 Å². The molecule has 0 bridgehead atoms. The molecule has 0 amide bonds. The molecular weight excluding hydrogens is 406 g/mol. The van der Waals surface area contributed by atoms with Crippen LogP contribution in [0.4, 0.5) is 0 Å². The van der Waals surface area contributed by atoms with Crippen LogP contribution in [-0.2, 0) is 9.59 Å². The van der Waals surface area contributed by atoms with E-state index < -0.39 is 24.1 Å². The fraction of sp³-hybridized carbons (Fsp3) is 0.565. The highest BCUT2D eigenvalue weighted by molar-refractivity contribution is 8.00. The quantitative estimate of drug-likeness (QED) is 0.0819. The predicted molar refractivity (Wildman–Crippen MR) is 125 cm³/mol. The fourth-order valence-corrected chi connectivity index (χ4v) is 3.60. The first kappa shape index (κ1) is 28.2. The zero-order valence-electron chi connectivity index (χ0n) is 17.9. The van der Waals surface area contributed by atoms with E-state index in [1.165, 1.54) is 31.0 Å². The largest absolute Gasteiger partial charge is 0.481 e. The van der Waals surface area contributed by atoms with E-state index in [9.17, 15) is 14.7 Å². The Morgan fingerprint density at radius 3 is 2.40 bits per heavy atom. The number of thioether (sulfide) groups is 1. The van der Waals surface area contributed by atoms with Gasteiger partial charge in [0, 0.05) is 17.4 Å². The molecule has 30 heavy (non-hydrogen) atoms. The molecule has 0 spiro atoms. The molecule has 0 fully saturated rings. The van der Waals surface area contributed by atoms with Gasteiger partial charge in [-0.05, 0) is 32.1 Å². The monoisotopic (exact) mass is 443 g/mol. The number of carboxylic acid groups (broad SMARTS) is 2. The molecule has 0 radical (unpaired) electrons. The van der Waals surface area contributed by atoms with Crippen molar-refractivity contribution in [3.05, 3.63) is 48.6 Å². The van der Waals surface area contributed by atoms with E-state index >= 15 is 0 Å². The number of hydrogen-bond acceptors (Lipinski definition) is 5. The van der Waals surface area contributed by atoms with E-state index in [1.54, 1.807) is 12.2 Å². The number of rotatable bonds is 18. The number of unbranched alkanes of at least 4 members (excludes halogenated alkanes) is 3. The molecule has 7 heteroatoms. The molecule has 0 aliphatic rings. The molecule has 0 aromatic rings. The maximum absolute atomic E-state index is 10.9. The maximum Gasteiger partial charge on any atom is 0.321 e. The van der Waals surface area contributed by atoms with Crippen LogP contribution in [0.25, 0.3) is 0 Å². The first-order valence-corrected chi connectivity index (χ1v) is 11.6. The molecule has 0 aromatic heterocycles. The Bertz CT molecular complexity index is 586. The van der Waals surface area contributed by atoms with Gasteiger partial charge < -0.3 is 21.1 Å². The molecule has 0 heterocycles. The van der Waals surface area contributed by atoms with Crippen LogP contribution in [0.1, 0.15) is 58.3 Å². The lowest BCUT2D eigenvalue weighted by atomic mass is 10.1. The Labute approximate surface area is 184 Å². The summed E-state index contributed by atoms with van der Waals surface area (Å²) in [5.74, 6) is -1.83. The van der Waals surface area contributed by atoms with Crippen molar-refractivity contribution in [3.63, 3.8) is 0 Å². The zero-order valence-corrected chi connectivity index (χ0v) is 18.7. The Morgan fingerprint density at radius 2 is 1.73 bits per heavy atom. The Morgan fingerprint density at radius 1 is 1.00 bits per heavy atom. The van der Waals surface area contributed by atoms with Gasteiger partial charge in [0.2, 0.25) is 0 Å². The predicted octanol–water partition coefficient (Wildman–Crippen LogP) is 4.31. The molecular formula is C23H37NO5S. The summed E-state index contributed by atoms with van der Waals surface area (Å²) < 4.78 is 0. The van der Waals surface area contributed by atoms with Crippen LogP contribution in [0.5, 0.6) is 0 Å². The third kappa shape index (κ3) is 17.1. The lowest BCUT2D eigenvalue weighted by molar-refractivity contribution is -0.138. The highest BCUT2D eigenvalue weighted by Crippen LogP contribution is 2.21. The van der Waals surface area contributed by atoms with Crippen LogP contribution in [0.15, 0.2) is 48.6 Å². The molecule has 0 aromatic carbocycles. The smallest absolute Gasteiger partial charge is 0.321 e. The van der Waals surface area contributed by atoms with Gasteiger partial charge in [-0.3, -0.25) is 9.59 Å². The molecule has 6 nitrogen and oxygen atoms in total. The third-order valence-corrected chi connectivity index (χ3v) is 5.65. The second-order valence-electron chi connectivity index (χ2n) is 7.00. The number of carbonyl (C=O) groups is 2. The summed E-state index contributed by atoms with van der Waals surface area (Å²) in [5.41, 5.74) is 5.54. The van der Waals surface area contributed by atoms with Crippen molar-refractivity contribution >= 4 is 23.7 Å². The molecule has 0 aliphatic heterocycles. The molecule has 0 aliphatic carbocycles. The van der Waals surface area contributed by atoms with Crippen molar-refractivity contribution in [3.8, 4) is 0 Å². The normalized spacial score (nSPS) is 15.4. The van der Waals surface area contributed by atoms with Gasteiger partial charge in [0.15, 0.2) is 0 Å². The van der Waals surface area contributed by atoms with Crippen molar-refractivity contribution < 1.29 is 24.9 Å². The molecule has 3 atom stereocenters. The number of aliphatic carboxylic acids is 2. The van der Waals surface area contributed by atoms with E-state index in [-0.39, 0.29) is 17.4 Å². The number of hydrogen-bond donors (Lipinski definition) is 4. The van der Waals surface area contributed by atoms with Crippen LogP contribution in [0.2, 0.25) is 0 Å². The summed E-state index contributed by atoms with van der Waals surface area (Å²) in [4.78, 5) is 21.5. The zero-order chi connectivity index (χ0) is 22.6. The summed E-state index contributed by atoms with van der Waals surface area (Å²) in [6, 6.07) is -1.01. The van der Waals surface area contributed by atoms with Crippen LogP contribution in [0.3, 0.4) is 0 Å². The number of carboxylic acids is 2. The van der Waals surface area contributed by atoms with Gasteiger partial charge in [0.1, 0.15) is 6.04 Å². The maximum atomic E-state index is 10.9. The topological polar surface area (TPSA) is 121 Å². The SMILES string of the molecule is CCCCC/C=C\C\C=C/C=C/C=C/[C@@H](S[13CH2][13C@H]([15NH2])[13C](=O)O)[C@@H](O)CCCC(=O)O. The molecule has 0 rings (SSSR count). The molecule has 0 unspecified atom stereocenters. The van der Waals surface area contributed by atoms with Gasteiger partial charge in [-0.2, -0.15) is 0 Å². The van der Waals surface area contributed by atoms with Crippen molar-refractivity contribution in [2.24, 2.45) is 5.73 Å². The minimum atomic E-state index is -1.09. The highest BCUT2D eigenvalue weighted by atomic mass is 32.2. The summed E-state index contributed by atoms with van der Waals surface area (Å²) in [6.45, 7) is 2.19. The molecule has 170 valence electrons. The highest BCUT2D eigenvalue weighted by Gasteiger charge is 2.20. The van der Waals surface area contributed by atoms with Crippen molar-refractivity contribution in [2.45, 2.75) is 75.7 Å². The first-order chi connectivity index (χ1) is 14.4. The molecule has 5 N–H and O–H groups in total. The van der Waals surface area contributed by atoms with Gasteiger partial charge in [0.25, 0.3) is 0 Å². The van der Waals surface area contributed by atoms with Crippen molar-refractivity contribution in [1.29, 1.82) is 0 Å². The Hall–Kier alpha value is -1.83. The summed E-state index contributed by atoms with van der Waals surface area (Å²) in [5, 5.41) is 27.6. The minimum absolute atomic E-state index is 0.00938. The minimum Gasteiger partial charge on any atom is -0.481 e. The number of aliphatic hydroxyl groups is 1. The summed E-state index contributed by atoms with van der Waals surface area (Å²) in [6.07, 6.45) is 21.3. The van der Waals surface area contributed by atoms with Gasteiger partial charge in [0.05, 0.1) is 6.10 Å². The van der Waals surface area contributed by atoms with Crippen molar-refractivity contribution in [2.75, 3.05) is 5.75 Å². The van der Waals surface area contributed by atoms with E-state index in [0.717, 1.165) is 12.8 Å². The standard InChI is InChI=1S/C23H37NO5S/c1-2-3-4-5-6-7-8-9-10-11-12-13-16-21(30-18-19(24)23(28)29)20(25)15-14-17-22(26)27/h6-7,9-13,16,19-21,25H,2-5,8,14-15,17-18,24H2,1H3,(H,26,27)(H,28,29)/b7-6-,10-9-,12-11+,16-13+/t19-,20-,21+/m0/s1/i18+1,19+1,23+1,24+1. The van der Waals surface area contributed by atoms with E-state index in [1.807, 2.05) is 18.2 Å². The fourth-order valence-electron chi connectivity index (χ4n) is 2.47. The number of allylic oxidation sites excluding steroid dienone is 7. The van der Waals surface area contributed by atoms with Crippen LogP contribution < -0.4 is 5.73 Å². The second kappa shape index (κ2) is 19.2. The Kier molecular flexibility index (Phi) is 18.0. The lowest BCUT2D eigenvalue weighted by Gasteiger charge is -2.20. The average molecular weight is 444 g/mol. The second-order valence-corrected chi connectivity index (χ2v) is 8.21. The number of nitrogens with two attached hydrogens (primary N) is 1. The Balaban J connectivity index is 4.51. The first-order valence-electron chi connectivity index (χ1n) is 10.5. The van der Waals surface area contributed by atoms with Gasteiger partial charge >= 0.3 is 11.9 Å². The van der Waals surface area contributed by atoms with Crippen LogP contribution in [0, 0.1) is 0 Å². The van der Waals surface area contributed by atoms with Crippen molar-refractivity contribution in [1.82, 2.24) is 0 Å². The van der Waals surface area contributed by atoms with Crippen LogP contribution >= 0.6 is 11.8 Å².